The number of amides is 2. The average molecular weight is 487 g/mol. The first kappa shape index (κ1) is 22.7. The highest BCUT2D eigenvalue weighted by atomic mass is 35.5. The van der Waals surface area contributed by atoms with Crippen LogP contribution in [-0.2, 0) is 0 Å². The number of methoxy groups -OCH3 is 1. The van der Waals surface area contributed by atoms with Gasteiger partial charge in [-0.05, 0) is 49.7 Å². The van der Waals surface area contributed by atoms with Gasteiger partial charge >= 0.3 is 6.03 Å². The summed E-state index contributed by atoms with van der Waals surface area (Å²) in [7, 11) is 1.59. The summed E-state index contributed by atoms with van der Waals surface area (Å²) in [5.74, 6) is 1.43. The summed E-state index contributed by atoms with van der Waals surface area (Å²) in [4.78, 5) is 19.6. The third-order valence-electron chi connectivity index (χ3n) is 5.91. The minimum absolute atomic E-state index is 0.289. The number of hydrogen-bond donors (Lipinski definition) is 1. The Kier molecular flexibility index (Phi) is 6.01. The summed E-state index contributed by atoms with van der Waals surface area (Å²) in [6, 6.07) is 21.7. The van der Waals surface area contributed by atoms with E-state index in [2.05, 4.69) is 10.5 Å². The third-order valence-corrected chi connectivity index (χ3v) is 6.15. The maximum absolute atomic E-state index is 13.4. The fourth-order valence-electron chi connectivity index (χ4n) is 4.25. The van der Waals surface area contributed by atoms with E-state index in [0.29, 0.717) is 39.4 Å². The highest BCUT2D eigenvalue weighted by molar-refractivity contribution is 6.30. The second kappa shape index (κ2) is 9.27. The molecule has 1 unspecified atom stereocenters. The molecule has 0 saturated heterocycles. The van der Waals surface area contributed by atoms with Gasteiger partial charge in [-0.25, -0.2) is 4.79 Å². The molecule has 0 spiro atoms. The van der Waals surface area contributed by atoms with E-state index in [-0.39, 0.29) is 6.03 Å². The van der Waals surface area contributed by atoms with Crippen LogP contribution in [0.15, 0.2) is 83.0 Å². The van der Waals surface area contributed by atoms with Gasteiger partial charge in [0.15, 0.2) is 0 Å². The molecule has 1 aromatic heterocycles. The Balaban J connectivity index is 1.67. The number of allylic oxidation sites excluding steroid dienone is 1. The van der Waals surface area contributed by atoms with E-state index < -0.39 is 6.04 Å². The molecule has 2 amide bonds. The second-order valence-corrected chi connectivity index (χ2v) is 8.70. The third kappa shape index (κ3) is 4.38. The predicted octanol–water partition coefficient (Wildman–Crippen LogP) is 6.41. The zero-order chi connectivity index (χ0) is 24.5. The van der Waals surface area contributed by atoms with Crippen LogP contribution in [0, 0.1) is 6.92 Å². The first-order chi connectivity index (χ1) is 16.9. The fourth-order valence-corrected chi connectivity index (χ4v) is 4.45. The number of aryl methyl sites for hydroxylation is 1. The number of rotatable bonds is 5. The molecule has 0 radical (unpaired) electrons. The number of halogens is 1. The highest BCUT2D eigenvalue weighted by Crippen LogP contribution is 2.40. The average Bonchev–Trinajstić information content (AvgIpc) is 3.34. The molecule has 35 heavy (non-hydrogen) atoms. The Bertz CT molecular complexity index is 1450. The van der Waals surface area contributed by atoms with Crippen LogP contribution in [0.4, 0.5) is 10.5 Å². The van der Waals surface area contributed by atoms with E-state index >= 15 is 0 Å². The zero-order valence-electron chi connectivity index (χ0n) is 19.4. The maximum Gasteiger partial charge on any atom is 0.327 e. The van der Waals surface area contributed by atoms with Crippen molar-refractivity contribution in [3.63, 3.8) is 0 Å². The molecule has 1 atom stereocenters. The minimum atomic E-state index is -0.533. The molecule has 0 bridgehead atoms. The van der Waals surface area contributed by atoms with Gasteiger partial charge in [-0.3, -0.25) is 4.90 Å². The quantitative estimate of drug-likeness (QED) is 0.352. The minimum Gasteiger partial charge on any atom is -0.497 e. The van der Waals surface area contributed by atoms with Crippen molar-refractivity contribution in [1.82, 2.24) is 15.5 Å². The topological polar surface area (TPSA) is 80.5 Å². The molecule has 2 heterocycles. The molecule has 8 heteroatoms. The predicted molar refractivity (Wildman–Crippen MR) is 135 cm³/mol. The molecule has 0 fully saturated rings. The summed E-state index contributed by atoms with van der Waals surface area (Å²) in [6.07, 6.45) is 0. The van der Waals surface area contributed by atoms with Crippen molar-refractivity contribution in [1.29, 1.82) is 0 Å². The van der Waals surface area contributed by atoms with Gasteiger partial charge in [0.05, 0.1) is 24.4 Å². The van der Waals surface area contributed by atoms with Crippen molar-refractivity contribution in [2.45, 2.75) is 19.9 Å². The number of carbonyl (C=O) groups excluding carboxylic acids is 1. The second-order valence-electron chi connectivity index (χ2n) is 8.27. The zero-order valence-corrected chi connectivity index (χ0v) is 20.2. The van der Waals surface area contributed by atoms with Crippen LogP contribution in [0.5, 0.6) is 5.75 Å². The summed E-state index contributed by atoms with van der Waals surface area (Å²) in [6.45, 7) is 3.87. The molecular weight excluding hydrogens is 464 g/mol. The van der Waals surface area contributed by atoms with Crippen molar-refractivity contribution >= 4 is 28.9 Å². The molecule has 1 N–H and O–H groups in total. The van der Waals surface area contributed by atoms with Crippen LogP contribution in [0.2, 0.25) is 5.02 Å². The number of ether oxygens (including phenoxy) is 1. The molecule has 3 aromatic carbocycles. The number of aromatic nitrogens is 2. The van der Waals surface area contributed by atoms with Crippen LogP contribution in [-0.4, -0.2) is 23.3 Å². The van der Waals surface area contributed by atoms with E-state index in [1.165, 1.54) is 0 Å². The van der Waals surface area contributed by atoms with Gasteiger partial charge in [0.2, 0.25) is 5.82 Å². The number of nitrogens with one attached hydrogen (secondary N) is 1. The normalized spacial score (nSPS) is 15.8. The van der Waals surface area contributed by atoms with E-state index in [1.54, 1.807) is 24.1 Å². The van der Waals surface area contributed by atoms with Crippen molar-refractivity contribution in [3.05, 3.63) is 101 Å². The van der Waals surface area contributed by atoms with Crippen molar-refractivity contribution in [2.75, 3.05) is 12.0 Å². The van der Waals surface area contributed by atoms with Crippen molar-refractivity contribution in [3.8, 4) is 17.1 Å². The largest absolute Gasteiger partial charge is 0.497 e. The number of hydrogen-bond acceptors (Lipinski definition) is 5. The van der Waals surface area contributed by atoms with Crippen LogP contribution < -0.4 is 15.0 Å². The number of nitrogens with zero attached hydrogens (tertiary/aromatic N) is 3. The number of anilines is 1. The smallest absolute Gasteiger partial charge is 0.327 e. The number of urea groups is 1. The van der Waals surface area contributed by atoms with E-state index in [9.17, 15) is 4.79 Å². The molecule has 4 aromatic rings. The molecule has 7 nitrogen and oxygen atoms in total. The van der Waals surface area contributed by atoms with Gasteiger partial charge in [0, 0.05) is 22.3 Å². The Labute approximate surface area is 208 Å². The summed E-state index contributed by atoms with van der Waals surface area (Å²) in [5.41, 5.74) is 4.74. The lowest BCUT2D eigenvalue weighted by Gasteiger charge is -2.35. The van der Waals surface area contributed by atoms with Gasteiger partial charge in [-0.15, -0.1) is 0 Å². The van der Waals surface area contributed by atoms with Crippen LogP contribution in [0.3, 0.4) is 0 Å². The highest BCUT2D eigenvalue weighted by Gasteiger charge is 2.36. The Morgan fingerprint density at radius 2 is 1.83 bits per heavy atom. The van der Waals surface area contributed by atoms with E-state index in [1.807, 2.05) is 74.5 Å². The van der Waals surface area contributed by atoms with Gasteiger partial charge in [-0.2, -0.15) is 4.98 Å². The van der Waals surface area contributed by atoms with Crippen LogP contribution in [0.25, 0.3) is 17.0 Å². The Hall–Kier alpha value is -4.10. The molecular formula is C27H23ClN4O3. The summed E-state index contributed by atoms with van der Waals surface area (Å²) >= 11 is 6.28. The summed E-state index contributed by atoms with van der Waals surface area (Å²) in [5, 5.41) is 7.88. The Morgan fingerprint density at radius 3 is 2.60 bits per heavy atom. The van der Waals surface area contributed by atoms with Crippen LogP contribution in [0.1, 0.15) is 30.0 Å². The van der Waals surface area contributed by atoms with E-state index in [4.69, 9.17) is 25.8 Å². The van der Waals surface area contributed by atoms with Gasteiger partial charge in [0.1, 0.15) is 5.75 Å². The molecule has 0 saturated carbocycles. The molecule has 1 aliphatic heterocycles. The Morgan fingerprint density at radius 1 is 1.03 bits per heavy atom. The van der Waals surface area contributed by atoms with E-state index in [0.717, 1.165) is 16.7 Å². The monoisotopic (exact) mass is 486 g/mol. The van der Waals surface area contributed by atoms with Gasteiger partial charge in [-0.1, -0.05) is 58.7 Å². The molecule has 0 aliphatic carbocycles. The number of benzene rings is 3. The van der Waals surface area contributed by atoms with Crippen molar-refractivity contribution < 1.29 is 14.1 Å². The SMILES string of the molecule is COc1cccc(N2C(=O)NC(c3cccc(Cl)c3)C(c3nc(-c4cccc(C)c4)no3)=C2C)c1. The lowest BCUT2D eigenvalue weighted by atomic mass is 9.94. The lowest BCUT2D eigenvalue weighted by Crippen LogP contribution is -2.46. The maximum atomic E-state index is 13.4. The lowest BCUT2D eigenvalue weighted by molar-refractivity contribution is 0.244. The van der Waals surface area contributed by atoms with Gasteiger partial charge in [0.25, 0.3) is 5.89 Å². The summed E-state index contributed by atoms with van der Waals surface area (Å²) < 4.78 is 11.1. The molecule has 5 rings (SSSR count). The molecule has 176 valence electrons. The standard InChI is InChI=1S/C27H23ClN4O3/c1-16-7-4-9-19(13-16)25-30-26(35-31-25)23-17(2)32(21-11-6-12-22(15-21)34-3)27(33)29-24(23)18-8-5-10-20(28)14-18/h4-15,24H,1-3H3,(H,29,33). The first-order valence-electron chi connectivity index (χ1n) is 11.1. The fraction of sp³-hybridized carbons (Fsp3) is 0.148. The first-order valence-corrected chi connectivity index (χ1v) is 11.4. The van der Waals surface area contributed by atoms with Gasteiger partial charge < -0.3 is 14.6 Å². The van der Waals surface area contributed by atoms with Crippen LogP contribution >= 0.6 is 11.6 Å². The number of carbonyl (C=O) groups is 1. The van der Waals surface area contributed by atoms with Crippen molar-refractivity contribution in [2.24, 2.45) is 0 Å². The molecule has 1 aliphatic rings.